The zero-order chi connectivity index (χ0) is 15.6. The third-order valence-corrected chi connectivity index (χ3v) is 4.69. The standard InChI is InChI=1S/C13H18N4O3S/c1-8-13(10(3)20-16-8)9(2)17-21(18,19)11-5-6-15-12(7-11)14-4/h5-7,9,17H,1-4H3,(H,14,15). The predicted octanol–water partition coefficient (Wildman–Crippen LogP) is 1.77. The molecule has 0 spiro atoms. The molecule has 0 amide bonds. The van der Waals surface area contributed by atoms with Crippen molar-refractivity contribution in [2.24, 2.45) is 0 Å². The van der Waals surface area contributed by atoms with Gasteiger partial charge >= 0.3 is 0 Å². The monoisotopic (exact) mass is 310 g/mol. The molecule has 0 aliphatic rings. The number of rotatable bonds is 5. The second-order valence-electron chi connectivity index (χ2n) is 4.71. The Morgan fingerprint density at radius 1 is 1.33 bits per heavy atom. The molecule has 0 radical (unpaired) electrons. The molecule has 1 atom stereocenters. The van der Waals surface area contributed by atoms with E-state index in [1.165, 1.54) is 18.3 Å². The van der Waals surface area contributed by atoms with Crippen molar-refractivity contribution < 1.29 is 12.9 Å². The van der Waals surface area contributed by atoms with Gasteiger partial charge < -0.3 is 9.84 Å². The van der Waals surface area contributed by atoms with E-state index < -0.39 is 16.1 Å². The van der Waals surface area contributed by atoms with Gasteiger partial charge in [0, 0.05) is 30.9 Å². The van der Waals surface area contributed by atoms with Crippen LogP contribution in [0.4, 0.5) is 5.82 Å². The molecule has 2 aromatic rings. The Kier molecular flexibility index (Phi) is 4.29. The van der Waals surface area contributed by atoms with Crippen LogP contribution in [0.2, 0.25) is 0 Å². The van der Waals surface area contributed by atoms with Gasteiger partial charge in [0.05, 0.1) is 10.6 Å². The van der Waals surface area contributed by atoms with Crippen molar-refractivity contribution >= 4 is 15.8 Å². The Hall–Kier alpha value is -1.93. The van der Waals surface area contributed by atoms with E-state index in [1.54, 1.807) is 27.8 Å². The van der Waals surface area contributed by atoms with E-state index in [2.05, 4.69) is 20.2 Å². The fraction of sp³-hybridized carbons (Fsp3) is 0.385. The first-order valence-corrected chi connectivity index (χ1v) is 7.92. The highest BCUT2D eigenvalue weighted by Crippen LogP contribution is 2.23. The lowest BCUT2D eigenvalue weighted by Gasteiger charge is -2.14. The third-order valence-electron chi connectivity index (χ3n) is 3.15. The van der Waals surface area contributed by atoms with Crippen LogP contribution in [0.3, 0.4) is 0 Å². The van der Waals surface area contributed by atoms with Gasteiger partial charge in [-0.05, 0) is 26.8 Å². The molecule has 0 aliphatic carbocycles. The number of sulfonamides is 1. The average Bonchev–Trinajstić information content (AvgIpc) is 2.77. The molecule has 21 heavy (non-hydrogen) atoms. The summed E-state index contributed by atoms with van der Waals surface area (Å²) in [5.41, 5.74) is 1.43. The molecule has 0 fully saturated rings. The Labute approximate surface area is 123 Å². The predicted molar refractivity (Wildman–Crippen MR) is 78.5 cm³/mol. The molecule has 0 saturated carbocycles. The van der Waals surface area contributed by atoms with Gasteiger partial charge in [0.15, 0.2) is 0 Å². The van der Waals surface area contributed by atoms with Crippen molar-refractivity contribution in [2.75, 3.05) is 12.4 Å². The molecule has 8 heteroatoms. The summed E-state index contributed by atoms with van der Waals surface area (Å²) in [6.45, 7) is 5.29. The van der Waals surface area contributed by atoms with Gasteiger partial charge in [-0.2, -0.15) is 0 Å². The number of anilines is 1. The molecule has 0 saturated heterocycles. The van der Waals surface area contributed by atoms with Crippen LogP contribution >= 0.6 is 0 Å². The number of hydrogen-bond donors (Lipinski definition) is 2. The van der Waals surface area contributed by atoms with E-state index in [9.17, 15) is 8.42 Å². The summed E-state index contributed by atoms with van der Waals surface area (Å²) in [5, 5.41) is 6.65. The van der Waals surface area contributed by atoms with Crippen LogP contribution < -0.4 is 10.0 Å². The molecule has 0 bridgehead atoms. The lowest BCUT2D eigenvalue weighted by Crippen LogP contribution is -2.27. The van der Waals surface area contributed by atoms with Gasteiger partial charge in [-0.3, -0.25) is 0 Å². The van der Waals surface area contributed by atoms with Gasteiger partial charge in [0.25, 0.3) is 0 Å². The van der Waals surface area contributed by atoms with E-state index in [0.29, 0.717) is 17.3 Å². The lowest BCUT2D eigenvalue weighted by molar-refractivity contribution is 0.391. The zero-order valence-corrected chi connectivity index (χ0v) is 13.2. The van der Waals surface area contributed by atoms with Crippen molar-refractivity contribution in [3.63, 3.8) is 0 Å². The van der Waals surface area contributed by atoms with Crippen LogP contribution in [0.15, 0.2) is 27.7 Å². The van der Waals surface area contributed by atoms with Crippen molar-refractivity contribution in [3.05, 3.63) is 35.3 Å². The molecule has 114 valence electrons. The second kappa shape index (κ2) is 5.82. The number of nitrogens with one attached hydrogen (secondary N) is 2. The number of nitrogens with zero attached hydrogens (tertiary/aromatic N) is 2. The summed E-state index contributed by atoms with van der Waals surface area (Å²) in [5.74, 6) is 1.09. The largest absolute Gasteiger partial charge is 0.373 e. The summed E-state index contributed by atoms with van der Waals surface area (Å²) in [6, 6.07) is 2.48. The Balaban J connectivity index is 2.29. The molecule has 2 aromatic heterocycles. The highest BCUT2D eigenvalue weighted by atomic mass is 32.2. The summed E-state index contributed by atoms with van der Waals surface area (Å²) in [4.78, 5) is 4.15. The minimum atomic E-state index is -3.65. The Morgan fingerprint density at radius 2 is 2.05 bits per heavy atom. The smallest absolute Gasteiger partial charge is 0.241 e. The lowest BCUT2D eigenvalue weighted by atomic mass is 10.1. The minimum absolute atomic E-state index is 0.153. The fourth-order valence-electron chi connectivity index (χ4n) is 2.18. The van der Waals surface area contributed by atoms with Gasteiger partial charge in [0.1, 0.15) is 11.6 Å². The number of aromatic nitrogens is 2. The molecule has 2 rings (SSSR count). The van der Waals surface area contributed by atoms with Crippen LogP contribution in [0.5, 0.6) is 0 Å². The van der Waals surface area contributed by atoms with Crippen LogP contribution in [0.25, 0.3) is 0 Å². The van der Waals surface area contributed by atoms with Crippen molar-refractivity contribution in [2.45, 2.75) is 31.7 Å². The van der Waals surface area contributed by atoms with Crippen LogP contribution in [-0.2, 0) is 10.0 Å². The molecule has 0 aromatic carbocycles. The van der Waals surface area contributed by atoms with Crippen molar-refractivity contribution in [1.29, 1.82) is 0 Å². The number of pyridine rings is 1. The first kappa shape index (κ1) is 15.5. The molecule has 1 unspecified atom stereocenters. The first-order chi connectivity index (χ1) is 9.85. The summed E-state index contributed by atoms with van der Waals surface area (Å²) < 4.78 is 32.5. The van der Waals surface area contributed by atoms with Crippen molar-refractivity contribution in [3.8, 4) is 0 Å². The quantitative estimate of drug-likeness (QED) is 0.873. The van der Waals surface area contributed by atoms with Crippen molar-refractivity contribution in [1.82, 2.24) is 14.9 Å². The zero-order valence-electron chi connectivity index (χ0n) is 12.3. The van der Waals surface area contributed by atoms with E-state index in [0.717, 1.165) is 5.56 Å². The van der Waals surface area contributed by atoms with E-state index in [1.807, 2.05) is 0 Å². The van der Waals surface area contributed by atoms with Gasteiger partial charge in [-0.25, -0.2) is 18.1 Å². The summed E-state index contributed by atoms with van der Waals surface area (Å²) in [7, 11) is -1.97. The van der Waals surface area contributed by atoms with E-state index in [-0.39, 0.29) is 4.90 Å². The Bertz CT molecular complexity index is 720. The highest BCUT2D eigenvalue weighted by Gasteiger charge is 2.23. The van der Waals surface area contributed by atoms with Gasteiger partial charge in [-0.1, -0.05) is 5.16 Å². The van der Waals surface area contributed by atoms with Gasteiger partial charge in [-0.15, -0.1) is 0 Å². The maximum atomic E-state index is 12.4. The molecule has 2 heterocycles. The van der Waals surface area contributed by atoms with Crippen LogP contribution in [0, 0.1) is 13.8 Å². The molecule has 7 nitrogen and oxygen atoms in total. The maximum absolute atomic E-state index is 12.4. The topological polar surface area (TPSA) is 97.1 Å². The third kappa shape index (κ3) is 3.22. The molecular formula is C13H18N4O3S. The summed E-state index contributed by atoms with van der Waals surface area (Å²) >= 11 is 0. The number of hydrogen-bond acceptors (Lipinski definition) is 6. The fourth-order valence-corrected chi connectivity index (χ4v) is 3.41. The van der Waals surface area contributed by atoms with Crippen LogP contribution in [0.1, 0.15) is 30.0 Å². The van der Waals surface area contributed by atoms with Crippen LogP contribution in [-0.4, -0.2) is 25.6 Å². The highest BCUT2D eigenvalue weighted by molar-refractivity contribution is 7.89. The first-order valence-electron chi connectivity index (χ1n) is 6.44. The SMILES string of the molecule is CNc1cc(S(=O)(=O)NC(C)c2c(C)noc2C)ccn1. The van der Waals surface area contributed by atoms with Gasteiger partial charge in [0.2, 0.25) is 10.0 Å². The Morgan fingerprint density at radius 3 is 2.62 bits per heavy atom. The minimum Gasteiger partial charge on any atom is -0.373 e. The molecule has 0 aliphatic heterocycles. The van der Waals surface area contributed by atoms with E-state index >= 15 is 0 Å². The normalized spacial score (nSPS) is 13.1. The summed E-state index contributed by atoms with van der Waals surface area (Å²) in [6.07, 6.45) is 1.45. The van der Waals surface area contributed by atoms with E-state index in [4.69, 9.17) is 4.52 Å². The average molecular weight is 310 g/mol. The number of aryl methyl sites for hydroxylation is 2. The second-order valence-corrected chi connectivity index (χ2v) is 6.42. The molecule has 2 N–H and O–H groups in total. The maximum Gasteiger partial charge on any atom is 0.241 e. The molecular weight excluding hydrogens is 292 g/mol.